The van der Waals surface area contributed by atoms with E-state index in [1.165, 1.54) is 6.42 Å². The lowest BCUT2D eigenvalue weighted by Crippen LogP contribution is -2.24. The van der Waals surface area contributed by atoms with E-state index < -0.39 is 0 Å². The molecule has 0 amide bonds. The van der Waals surface area contributed by atoms with Crippen LogP contribution < -0.4 is 0 Å². The molecule has 1 aliphatic carbocycles. The number of hydrogen-bond donors (Lipinski definition) is 0. The van der Waals surface area contributed by atoms with Gasteiger partial charge in [0.05, 0.1) is 11.6 Å². The van der Waals surface area contributed by atoms with Gasteiger partial charge in [-0.15, -0.1) is 0 Å². The highest BCUT2D eigenvalue weighted by Gasteiger charge is 2.21. The summed E-state index contributed by atoms with van der Waals surface area (Å²) in [5.74, 6) is 0.563. The molecule has 2 atom stereocenters. The smallest absolute Gasteiger partial charge is 0.306 e. The zero-order valence-electron chi connectivity index (χ0n) is 12.0. The van der Waals surface area contributed by atoms with E-state index in [1.54, 1.807) is 12.1 Å². The monoisotopic (exact) mass is 271 g/mol. The molecule has 2 rings (SSSR count). The maximum absolute atomic E-state index is 11.8. The van der Waals surface area contributed by atoms with Gasteiger partial charge >= 0.3 is 5.97 Å². The van der Waals surface area contributed by atoms with Crippen molar-refractivity contribution >= 4 is 5.97 Å². The molecule has 1 aromatic rings. The first-order valence-electron chi connectivity index (χ1n) is 7.36. The van der Waals surface area contributed by atoms with E-state index in [2.05, 4.69) is 13.0 Å². The molecule has 1 aliphatic rings. The van der Waals surface area contributed by atoms with Crippen molar-refractivity contribution in [3.63, 3.8) is 0 Å². The lowest BCUT2D eigenvalue weighted by Gasteiger charge is -2.26. The lowest BCUT2D eigenvalue weighted by molar-refractivity contribution is -0.151. The van der Waals surface area contributed by atoms with E-state index >= 15 is 0 Å². The van der Waals surface area contributed by atoms with Gasteiger partial charge in [-0.05, 0) is 49.3 Å². The zero-order chi connectivity index (χ0) is 14.4. The van der Waals surface area contributed by atoms with Gasteiger partial charge in [0.2, 0.25) is 0 Å². The summed E-state index contributed by atoms with van der Waals surface area (Å²) in [6, 6.07) is 9.44. The summed E-state index contributed by atoms with van der Waals surface area (Å²) < 4.78 is 5.54. The van der Waals surface area contributed by atoms with Crippen molar-refractivity contribution in [1.29, 1.82) is 5.26 Å². The molecule has 1 saturated carbocycles. The Balaban J connectivity index is 1.75. The number of ether oxygens (including phenoxy) is 1. The van der Waals surface area contributed by atoms with Crippen molar-refractivity contribution in [2.24, 2.45) is 5.92 Å². The molecule has 0 saturated heterocycles. The average molecular weight is 271 g/mol. The van der Waals surface area contributed by atoms with Crippen LogP contribution in [0.15, 0.2) is 24.3 Å². The number of nitriles is 1. The Labute approximate surface area is 120 Å². The highest BCUT2D eigenvalue weighted by molar-refractivity contribution is 5.70. The first kappa shape index (κ1) is 14.6. The summed E-state index contributed by atoms with van der Waals surface area (Å²) in [6.07, 6.45) is 5.62. The predicted octanol–water partition coefficient (Wildman–Crippen LogP) is 3.61. The van der Waals surface area contributed by atoms with E-state index in [9.17, 15) is 4.79 Å². The van der Waals surface area contributed by atoms with Crippen molar-refractivity contribution in [2.75, 3.05) is 0 Å². The van der Waals surface area contributed by atoms with Gasteiger partial charge in [0.25, 0.3) is 0 Å². The molecule has 20 heavy (non-hydrogen) atoms. The normalized spacial score (nSPS) is 22.0. The molecule has 1 fully saturated rings. The number of aryl methyl sites for hydroxylation is 1. The van der Waals surface area contributed by atoms with Crippen molar-refractivity contribution < 1.29 is 9.53 Å². The van der Waals surface area contributed by atoms with Gasteiger partial charge in [-0.1, -0.05) is 25.5 Å². The number of esters is 1. The first-order chi connectivity index (χ1) is 9.67. The maximum atomic E-state index is 11.8. The van der Waals surface area contributed by atoms with Gasteiger partial charge in [-0.3, -0.25) is 4.79 Å². The molecule has 1 aromatic carbocycles. The fourth-order valence-electron chi connectivity index (χ4n) is 2.72. The second-order valence-electron chi connectivity index (χ2n) is 5.69. The van der Waals surface area contributed by atoms with Crippen LogP contribution in [0.25, 0.3) is 0 Å². The highest BCUT2D eigenvalue weighted by atomic mass is 16.5. The number of carbonyl (C=O) groups excluding carboxylic acids is 1. The number of rotatable bonds is 4. The number of hydrogen-bond acceptors (Lipinski definition) is 3. The molecular weight excluding hydrogens is 250 g/mol. The second kappa shape index (κ2) is 7.09. The molecule has 3 heteroatoms. The van der Waals surface area contributed by atoms with Gasteiger partial charge in [0, 0.05) is 6.42 Å². The van der Waals surface area contributed by atoms with E-state index in [-0.39, 0.29) is 12.1 Å². The van der Waals surface area contributed by atoms with Crippen LogP contribution in [-0.2, 0) is 16.0 Å². The third kappa shape index (κ3) is 4.38. The summed E-state index contributed by atoms with van der Waals surface area (Å²) in [7, 11) is 0. The van der Waals surface area contributed by atoms with Crippen LogP contribution in [0, 0.1) is 17.2 Å². The fraction of sp³-hybridized carbons (Fsp3) is 0.529. The molecule has 2 unspecified atom stereocenters. The van der Waals surface area contributed by atoms with Crippen LogP contribution in [0.4, 0.5) is 0 Å². The third-order valence-electron chi connectivity index (χ3n) is 3.89. The van der Waals surface area contributed by atoms with Crippen LogP contribution in [0.1, 0.15) is 50.2 Å². The lowest BCUT2D eigenvalue weighted by atomic mass is 9.89. The van der Waals surface area contributed by atoms with Gasteiger partial charge in [-0.2, -0.15) is 5.26 Å². The van der Waals surface area contributed by atoms with E-state index in [4.69, 9.17) is 10.00 Å². The van der Waals surface area contributed by atoms with Crippen molar-refractivity contribution in [3.8, 4) is 6.07 Å². The zero-order valence-corrected chi connectivity index (χ0v) is 12.0. The molecular formula is C17H21NO2. The average Bonchev–Trinajstić information content (AvgIpc) is 2.46. The van der Waals surface area contributed by atoms with Crippen LogP contribution >= 0.6 is 0 Å². The minimum Gasteiger partial charge on any atom is -0.462 e. The largest absolute Gasteiger partial charge is 0.462 e. The summed E-state index contributed by atoms with van der Waals surface area (Å²) in [5, 5.41) is 8.73. The third-order valence-corrected chi connectivity index (χ3v) is 3.89. The molecule has 3 nitrogen and oxygen atoms in total. The topological polar surface area (TPSA) is 50.1 Å². The SMILES string of the molecule is CC1CCCC(OC(=O)CCc2ccc(C#N)cc2)C1. The Bertz CT molecular complexity index is 487. The molecule has 0 aliphatic heterocycles. The van der Waals surface area contributed by atoms with Crippen molar-refractivity contribution in [1.82, 2.24) is 0 Å². The maximum Gasteiger partial charge on any atom is 0.306 e. The van der Waals surface area contributed by atoms with Gasteiger partial charge < -0.3 is 4.74 Å². The van der Waals surface area contributed by atoms with E-state index in [0.717, 1.165) is 24.8 Å². The van der Waals surface area contributed by atoms with Gasteiger partial charge in [-0.25, -0.2) is 0 Å². The standard InChI is InChI=1S/C17H21NO2/c1-13-3-2-4-16(11-13)20-17(19)10-9-14-5-7-15(12-18)8-6-14/h5-8,13,16H,2-4,9-11H2,1H3. The van der Waals surface area contributed by atoms with Crippen LogP contribution in [0.5, 0.6) is 0 Å². The molecule has 0 N–H and O–H groups in total. The predicted molar refractivity (Wildman–Crippen MR) is 77.0 cm³/mol. The Hall–Kier alpha value is -1.82. The highest BCUT2D eigenvalue weighted by Crippen LogP contribution is 2.26. The summed E-state index contributed by atoms with van der Waals surface area (Å²) in [5.41, 5.74) is 1.71. The van der Waals surface area contributed by atoms with E-state index in [0.29, 0.717) is 24.3 Å². The Kier molecular flexibility index (Phi) is 5.17. The summed E-state index contributed by atoms with van der Waals surface area (Å²) in [6.45, 7) is 2.22. The van der Waals surface area contributed by atoms with Crippen LogP contribution in [0.3, 0.4) is 0 Å². The number of nitrogens with zero attached hydrogens (tertiary/aromatic N) is 1. The minimum atomic E-state index is -0.103. The minimum absolute atomic E-state index is 0.103. The second-order valence-corrected chi connectivity index (χ2v) is 5.69. The molecule has 0 radical (unpaired) electrons. The number of benzene rings is 1. The quantitative estimate of drug-likeness (QED) is 0.786. The Morgan fingerprint density at radius 1 is 1.35 bits per heavy atom. The molecule has 0 spiro atoms. The van der Waals surface area contributed by atoms with Crippen LogP contribution in [-0.4, -0.2) is 12.1 Å². The summed E-state index contributed by atoms with van der Waals surface area (Å²) in [4.78, 5) is 11.8. The van der Waals surface area contributed by atoms with Crippen molar-refractivity contribution in [3.05, 3.63) is 35.4 Å². The first-order valence-corrected chi connectivity index (χ1v) is 7.36. The molecule has 0 heterocycles. The van der Waals surface area contributed by atoms with E-state index in [1.807, 2.05) is 12.1 Å². The Morgan fingerprint density at radius 3 is 2.75 bits per heavy atom. The van der Waals surface area contributed by atoms with Gasteiger partial charge in [0.1, 0.15) is 6.10 Å². The fourth-order valence-corrected chi connectivity index (χ4v) is 2.72. The summed E-state index contributed by atoms with van der Waals surface area (Å²) >= 11 is 0. The molecule has 106 valence electrons. The van der Waals surface area contributed by atoms with Crippen LogP contribution in [0.2, 0.25) is 0 Å². The molecule has 0 aromatic heterocycles. The number of carbonyl (C=O) groups is 1. The van der Waals surface area contributed by atoms with Crippen molar-refractivity contribution in [2.45, 2.75) is 51.6 Å². The van der Waals surface area contributed by atoms with Gasteiger partial charge in [0.15, 0.2) is 0 Å². The molecule has 0 bridgehead atoms. The Morgan fingerprint density at radius 2 is 2.10 bits per heavy atom.